The second kappa shape index (κ2) is 6.42. The summed E-state index contributed by atoms with van der Waals surface area (Å²) in [5.74, 6) is -0.0140. The van der Waals surface area contributed by atoms with Crippen molar-refractivity contribution in [2.45, 2.75) is 13.1 Å². The van der Waals surface area contributed by atoms with Crippen molar-refractivity contribution < 1.29 is 9.18 Å². The molecule has 0 N–H and O–H groups in total. The lowest BCUT2D eigenvalue weighted by atomic mass is 10.2. The maximum absolute atomic E-state index is 14.0. The van der Waals surface area contributed by atoms with E-state index in [1.165, 1.54) is 6.20 Å². The minimum atomic E-state index is -0.535. The van der Waals surface area contributed by atoms with Crippen LogP contribution in [0.25, 0.3) is 16.8 Å². The van der Waals surface area contributed by atoms with Crippen molar-refractivity contribution in [3.05, 3.63) is 71.4 Å². The Morgan fingerprint density at radius 2 is 2.07 bits per heavy atom. The number of pyridine rings is 2. The van der Waals surface area contributed by atoms with Crippen LogP contribution in [0, 0.1) is 5.95 Å². The number of carbonyl (C=O) groups is 1. The molecule has 1 aliphatic heterocycles. The van der Waals surface area contributed by atoms with Gasteiger partial charge < -0.3 is 9.47 Å². The molecule has 0 aliphatic carbocycles. The lowest BCUT2D eigenvalue weighted by Gasteiger charge is -2.28. The first-order valence-electron chi connectivity index (χ1n) is 8.69. The third-order valence-corrected chi connectivity index (χ3v) is 5.05. The fraction of sp³-hybridized carbons (Fsp3) is 0.158. The van der Waals surface area contributed by atoms with Crippen LogP contribution in [0.1, 0.15) is 16.3 Å². The Labute approximate surface area is 164 Å². The Bertz CT molecular complexity index is 1220. The van der Waals surface area contributed by atoms with Crippen molar-refractivity contribution in [1.29, 1.82) is 0 Å². The van der Waals surface area contributed by atoms with Gasteiger partial charge in [-0.25, -0.2) is 14.5 Å². The van der Waals surface area contributed by atoms with Crippen molar-refractivity contribution in [2.75, 3.05) is 6.54 Å². The molecule has 0 aromatic carbocycles. The van der Waals surface area contributed by atoms with E-state index in [0.29, 0.717) is 47.4 Å². The standard InChI is InChI=1S/C19H14ClFN6O/c20-12-3-4-13-8-15(24-27(13)10-12)19(28)25-6-7-26-16(9-23-17(26)11-25)14-2-1-5-22-18(14)21/h1-5,8-10H,6-7,11H2. The summed E-state index contributed by atoms with van der Waals surface area (Å²) < 4.78 is 17.6. The number of fused-ring (bicyclic) bond motifs is 2. The van der Waals surface area contributed by atoms with Gasteiger partial charge in [-0.3, -0.25) is 4.79 Å². The molecule has 1 aliphatic rings. The number of carbonyl (C=O) groups excluding carboxylic acids is 1. The lowest BCUT2D eigenvalue weighted by molar-refractivity contribution is 0.0701. The molecule has 0 spiro atoms. The summed E-state index contributed by atoms with van der Waals surface area (Å²) >= 11 is 5.98. The van der Waals surface area contributed by atoms with E-state index in [0.717, 1.165) is 5.52 Å². The molecule has 7 nitrogen and oxygen atoms in total. The summed E-state index contributed by atoms with van der Waals surface area (Å²) in [6.07, 6.45) is 4.69. The van der Waals surface area contributed by atoms with Crippen molar-refractivity contribution in [3.63, 3.8) is 0 Å². The molecular formula is C19H14ClFN6O. The summed E-state index contributed by atoms with van der Waals surface area (Å²) in [4.78, 5) is 22.7. The molecule has 0 radical (unpaired) electrons. The number of rotatable bonds is 2. The monoisotopic (exact) mass is 396 g/mol. The van der Waals surface area contributed by atoms with Gasteiger partial charge in [0.2, 0.25) is 5.95 Å². The second-order valence-electron chi connectivity index (χ2n) is 6.53. The summed E-state index contributed by atoms with van der Waals surface area (Å²) in [6, 6.07) is 8.65. The van der Waals surface area contributed by atoms with E-state index < -0.39 is 5.95 Å². The Hall–Kier alpha value is -3.26. The van der Waals surface area contributed by atoms with Gasteiger partial charge in [0.05, 0.1) is 34.5 Å². The number of nitrogens with zero attached hydrogens (tertiary/aromatic N) is 6. The molecule has 28 heavy (non-hydrogen) atoms. The molecule has 5 heterocycles. The molecule has 0 fully saturated rings. The van der Waals surface area contributed by atoms with E-state index in [9.17, 15) is 9.18 Å². The molecule has 0 unspecified atom stereocenters. The highest BCUT2D eigenvalue weighted by molar-refractivity contribution is 6.30. The van der Waals surface area contributed by atoms with Crippen LogP contribution in [0.2, 0.25) is 5.02 Å². The van der Waals surface area contributed by atoms with Gasteiger partial charge in [0.25, 0.3) is 5.91 Å². The predicted molar refractivity (Wildman–Crippen MR) is 100 cm³/mol. The fourth-order valence-corrected chi connectivity index (χ4v) is 3.61. The Kier molecular flexibility index (Phi) is 3.87. The summed E-state index contributed by atoms with van der Waals surface area (Å²) in [7, 11) is 0. The molecule has 4 aromatic rings. The van der Waals surface area contributed by atoms with Gasteiger partial charge in [0, 0.05) is 25.5 Å². The van der Waals surface area contributed by atoms with Gasteiger partial charge in [-0.2, -0.15) is 9.49 Å². The Balaban J connectivity index is 1.43. The van der Waals surface area contributed by atoms with E-state index in [1.54, 1.807) is 46.1 Å². The summed E-state index contributed by atoms with van der Waals surface area (Å²) in [5, 5.41) is 4.87. The van der Waals surface area contributed by atoms with Crippen molar-refractivity contribution in [2.24, 2.45) is 0 Å². The zero-order chi connectivity index (χ0) is 19.3. The van der Waals surface area contributed by atoms with Crippen LogP contribution in [0.15, 0.2) is 48.9 Å². The first-order valence-corrected chi connectivity index (χ1v) is 9.07. The number of amides is 1. The SMILES string of the molecule is O=C(c1cc2ccc(Cl)cn2n1)N1CCn2c(-c3cccnc3F)cnc2C1. The van der Waals surface area contributed by atoms with E-state index in [2.05, 4.69) is 15.1 Å². The zero-order valence-corrected chi connectivity index (χ0v) is 15.3. The molecule has 1 amide bonds. The Morgan fingerprint density at radius 3 is 2.93 bits per heavy atom. The normalized spacial score (nSPS) is 13.7. The van der Waals surface area contributed by atoms with E-state index in [-0.39, 0.29) is 5.91 Å². The minimum absolute atomic E-state index is 0.178. The van der Waals surface area contributed by atoms with Crippen LogP contribution >= 0.6 is 11.6 Å². The van der Waals surface area contributed by atoms with Gasteiger partial charge in [-0.15, -0.1) is 0 Å². The van der Waals surface area contributed by atoms with Crippen LogP contribution in [-0.4, -0.2) is 41.5 Å². The first kappa shape index (κ1) is 16.9. The third-order valence-electron chi connectivity index (χ3n) is 4.83. The molecule has 4 aromatic heterocycles. The molecule has 0 atom stereocenters. The second-order valence-corrected chi connectivity index (χ2v) is 6.96. The maximum atomic E-state index is 14.0. The van der Waals surface area contributed by atoms with Gasteiger partial charge in [0.1, 0.15) is 5.82 Å². The average molecular weight is 397 g/mol. The average Bonchev–Trinajstić information content (AvgIpc) is 3.31. The molecule has 9 heteroatoms. The molecule has 0 saturated heterocycles. The van der Waals surface area contributed by atoms with Crippen LogP contribution in [0.4, 0.5) is 4.39 Å². The van der Waals surface area contributed by atoms with Crippen molar-refractivity contribution >= 4 is 23.0 Å². The Morgan fingerprint density at radius 1 is 1.18 bits per heavy atom. The van der Waals surface area contributed by atoms with Crippen molar-refractivity contribution in [3.8, 4) is 11.3 Å². The predicted octanol–water partition coefficient (Wildman–Crippen LogP) is 3.04. The lowest BCUT2D eigenvalue weighted by Crippen LogP contribution is -2.38. The van der Waals surface area contributed by atoms with Crippen molar-refractivity contribution in [1.82, 2.24) is 29.0 Å². The third kappa shape index (κ3) is 2.73. The van der Waals surface area contributed by atoms with Gasteiger partial charge >= 0.3 is 0 Å². The summed E-state index contributed by atoms with van der Waals surface area (Å²) in [6.45, 7) is 1.32. The van der Waals surface area contributed by atoms with E-state index in [1.807, 2.05) is 10.6 Å². The molecular weight excluding hydrogens is 383 g/mol. The molecule has 140 valence electrons. The van der Waals surface area contributed by atoms with Gasteiger partial charge in [-0.1, -0.05) is 11.6 Å². The largest absolute Gasteiger partial charge is 0.328 e. The number of halogens is 2. The highest BCUT2D eigenvalue weighted by atomic mass is 35.5. The van der Waals surface area contributed by atoms with Gasteiger partial charge in [0.15, 0.2) is 5.69 Å². The number of imidazole rings is 1. The van der Waals surface area contributed by atoms with Crippen LogP contribution in [0.5, 0.6) is 0 Å². The quantitative estimate of drug-likeness (QED) is 0.488. The van der Waals surface area contributed by atoms with Crippen LogP contribution < -0.4 is 0 Å². The highest BCUT2D eigenvalue weighted by Gasteiger charge is 2.27. The minimum Gasteiger partial charge on any atom is -0.328 e. The van der Waals surface area contributed by atoms with E-state index in [4.69, 9.17) is 11.6 Å². The fourth-order valence-electron chi connectivity index (χ4n) is 3.45. The molecule has 0 bridgehead atoms. The smallest absolute Gasteiger partial charge is 0.274 e. The molecule has 0 saturated carbocycles. The zero-order valence-electron chi connectivity index (χ0n) is 14.6. The topological polar surface area (TPSA) is 68.3 Å². The maximum Gasteiger partial charge on any atom is 0.274 e. The number of hydrogen-bond donors (Lipinski definition) is 0. The van der Waals surface area contributed by atoms with Gasteiger partial charge in [-0.05, 0) is 30.3 Å². The van der Waals surface area contributed by atoms with Crippen LogP contribution in [0.3, 0.4) is 0 Å². The first-order chi connectivity index (χ1) is 13.6. The highest BCUT2D eigenvalue weighted by Crippen LogP contribution is 2.26. The molecule has 5 rings (SSSR count). The summed E-state index contributed by atoms with van der Waals surface area (Å²) in [5.41, 5.74) is 2.20. The number of hydrogen-bond acceptors (Lipinski definition) is 4. The van der Waals surface area contributed by atoms with E-state index >= 15 is 0 Å². The van der Waals surface area contributed by atoms with Crippen LogP contribution in [-0.2, 0) is 13.1 Å². The number of aromatic nitrogens is 5.